The van der Waals surface area contributed by atoms with Crippen LogP contribution in [0.25, 0.3) is 0 Å². The van der Waals surface area contributed by atoms with Crippen LogP contribution in [-0.2, 0) is 21.2 Å². The molecule has 2 heterocycles. The molecule has 4 rings (SSSR count). The number of rotatable bonds is 7. The second-order valence-electron chi connectivity index (χ2n) is 7.60. The number of aromatic amines is 1. The zero-order valence-electron chi connectivity index (χ0n) is 18.5. The molecule has 0 spiro atoms. The molecule has 178 valence electrons. The molecule has 34 heavy (non-hydrogen) atoms. The Morgan fingerprint density at radius 3 is 2.44 bits per heavy atom. The molecule has 0 saturated carbocycles. The molecular weight excluding hydrogens is 460 g/mol. The van der Waals surface area contributed by atoms with Gasteiger partial charge in [-0.2, -0.15) is 4.31 Å². The van der Waals surface area contributed by atoms with Crippen molar-refractivity contribution in [1.82, 2.24) is 14.3 Å². The monoisotopic (exact) mass is 484 g/mol. The summed E-state index contributed by atoms with van der Waals surface area (Å²) in [6.45, 7) is 1.32. The Kier molecular flexibility index (Phi) is 7.06. The van der Waals surface area contributed by atoms with Crippen molar-refractivity contribution < 1.29 is 22.7 Å². The number of ether oxygens (including phenoxy) is 2. The van der Waals surface area contributed by atoms with Crippen molar-refractivity contribution in [1.29, 1.82) is 0 Å². The van der Waals surface area contributed by atoms with Gasteiger partial charge in [0.2, 0.25) is 10.0 Å². The third-order valence-electron chi connectivity index (χ3n) is 5.27. The van der Waals surface area contributed by atoms with Gasteiger partial charge in [0.1, 0.15) is 17.3 Å². The Labute approximate surface area is 196 Å². The molecule has 10 nitrogen and oxygen atoms in total. The van der Waals surface area contributed by atoms with E-state index in [0.717, 1.165) is 11.6 Å². The summed E-state index contributed by atoms with van der Waals surface area (Å²) < 4.78 is 37.2. The van der Waals surface area contributed by atoms with Crippen LogP contribution in [0.4, 0.5) is 5.69 Å². The third-order valence-corrected chi connectivity index (χ3v) is 7.19. The van der Waals surface area contributed by atoms with Crippen molar-refractivity contribution in [2.24, 2.45) is 0 Å². The van der Waals surface area contributed by atoms with E-state index in [4.69, 9.17) is 9.47 Å². The average Bonchev–Trinajstić information content (AvgIpc) is 2.85. The molecule has 0 bridgehead atoms. The van der Waals surface area contributed by atoms with Crippen molar-refractivity contribution in [3.63, 3.8) is 0 Å². The number of anilines is 1. The van der Waals surface area contributed by atoms with Crippen molar-refractivity contribution in [2.45, 2.75) is 11.3 Å². The minimum atomic E-state index is -3.63. The predicted octanol–water partition coefficient (Wildman–Crippen LogP) is 1.64. The number of sulfonamides is 1. The van der Waals surface area contributed by atoms with Gasteiger partial charge < -0.3 is 19.8 Å². The highest BCUT2D eigenvalue weighted by atomic mass is 32.2. The topological polar surface area (TPSA) is 131 Å². The summed E-state index contributed by atoms with van der Waals surface area (Å²) >= 11 is 0. The highest BCUT2D eigenvalue weighted by Crippen LogP contribution is 2.20. The molecule has 3 aromatic rings. The zero-order chi connectivity index (χ0) is 24.1. The van der Waals surface area contributed by atoms with Gasteiger partial charge in [0.15, 0.2) is 0 Å². The summed E-state index contributed by atoms with van der Waals surface area (Å²) in [4.78, 5) is 31.8. The first-order chi connectivity index (χ1) is 16.3. The molecule has 1 saturated heterocycles. The third kappa shape index (κ3) is 5.50. The highest BCUT2D eigenvalue weighted by molar-refractivity contribution is 7.89. The molecule has 1 fully saturated rings. The van der Waals surface area contributed by atoms with Gasteiger partial charge in [-0.3, -0.25) is 9.59 Å². The van der Waals surface area contributed by atoms with E-state index < -0.39 is 21.5 Å². The van der Waals surface area contributed by atoms with E-state index >= 15 is 0 Å². The lowest BCUT2D eigenvalue weighted by Crippen LogP contribution is -2.40. The predicted molar refractivity (Wildman–Crippen MR) is 125 cm³/mol. The number of methoxy groups -OCH3 is 1. The van der Waals surface area contributed by atoms with E-state index in [2.05, 4.69) is 15.3 Å². The van der Waals surface area contributed by atoms with E-state index in [0.29, 0.717) is 50.0 Å². The zero-order valence-corrected chi connectivity index (χ0v) is 19.3. The Hall–Kier alpha value is -3.54. The fourth-order valence-electron chi connectivity index (χ4n) is 3.49. The molecule has 1 amide bonds. The molecule has 0 radical (unpaired) electrons. The number of hydrogen-bond acceptors (Lipinski definition) is 7. The Bertz CT molecular complexity index is 1310. The highest BCUT2D eigenvalue weighted by Gasteiger charge is 2.26. The summed E-state index contributed by atoms with van der Waals surface area (Å²) in [6.07, 6.45) is 0.328. The normalized spacial score (nSPS) is 14.5. The summed E-state index contributed by atoms with van der Waals surface area (Å²) in [5.41, 5.74) is 0.774. The summed E-state index contributed by atoms with van der Waals surface area (Å²) in [7, 11) is -2.05. The standard InChI is InChI=1S/C23H24N4O6S/c1-32-18-6-2-16(3-7-18)14-21-25-20(15-22(28)26-21)23(29)24-17-4-8-19(9-5-17)34(30,31)27-10-12-33-13-11-27/h2-9,15H,10-14H2,1H3,(H,24,29)(H,25,26,28). The van der Waals surface area contributed by atoms with Gasteiger partial charge >= 0.3 is 0 Å². The SMILES string of the molecule is COc1ccc(Cc2nc(C(=O)Nc3ccc(S(=O)(=O)N4CCOCC4)cc3)cc(=O)[nH]2)cc1. The smallest absolute Gasteiger partial charge is 0.274 e. The first-order valence-corrected chi connectivity index (χ1v) is 12.0. The number of H-pyrrole nitrogens is 1. The van der Waals surface area contributed by atoms with Crippen LogP contribution in [0.5, 0.6) is 5.75 Å². The lowest BCUT2D eigenvalue weighted by molar-refractivity contribution is 0.0730. The number of amides is 1. The van der Waals surface area contributed by atoms with E-state index in [1.165, 1.54) is 28.6 Å². The van der Waals surface area contributed by atoms with E-state index in [1.807, 2.05) is 12.1 Å². The van der Waals surface area contributed by atoms with Crippen LogP contribution >= 0.6 is 0 Å². The maximum Gasteiger partial charge on any atom is 0.274 e. The van der Waals surface area contributed by atoms with E-state index in [9.17, 15) is 18.0 Å². The van der Waals surface area contributed by atoms with Gasteiger partial charge in [-0.05, 0) is 42.0 Å². The molecule has 1 aliphatic rings. The molecule has 0 unspecified atom stereocenters. The fourth-order valence-corrected chi connectivity index (χ4v) is 4.89. The summed E-state index contributed by atoms with van der Waals surface area (Å²) in [5, 5.41) is 2.65. The first-order valence-electron chi connectivity index (χ1n) is 10.6. The van der Waals surface area contributed by atoms with Gasteiger partial charge in [-0.25, -0.2) is 13.4 Å². The summed E-state index contributed by atoms with van der Waals surface area (Å²) in [5.74, 6) is 0.475. The quantitative estimate of drug-likeness (QED) is 0.521. The number of nitrogens with zero attached hydrogens (tertiary/aromatic N) is 2. The number of morpholine rings is 1. The Morgan fingerprint density at radius 1 is 1.12 bits per heavy atom. The van der Waals surface area contributed by atoms with Crippen LogP contribution in [0, 0.1) is 0 Å². The van der Waals surface area contributed by atoms with Gasteiger partial charge in [-0.15, -0.1) is 0 Å². The van der Waals surface area contributed by atoms with Crippen molar-refractivity contribution >= 4 is 21.6 Å². The number of aromatic nitrogens is 2. The van der Waals surface area contributed by atoms with Gasteiger partial charge in [-0.1, -0.05) is 12.1 Å². The number of carbonyl (C=O) groups is 1. The van der Waals surface area contributed by atoms with Crippen molar-refractivity contribution in [2.75, 3.05) is 38.7 Å². The maximum absolute atomic E-state index is 12.7. The maximum atomic E-state index is 12.7. The molecule has 2 aromatic carbocycles. The minimum absolute atomic E-state index is 0.0442. The van der Waals surface area contributed by atoms with Crippen LogP contribution in [0.2, 0.25) is 0 Å². The van der Waals surface area contributed by atoms with Crippen LogP contribution in [-0.4, -0.2) is 62.0 Å². The Balaban J connectivity index is 1.46. The molecule has 0 atom stereocenters. The van der Waals surface area contributed by atoms with Gasteiger partial charge in [0.25, 0.3) is 11.5 Å². The largest absolute Gasteiger partial charge is 0.497 e. The fraction of sp³-hybridized carbons (Fsp3) is 0.261. The lowest BCUT2D eigenvalue weighted by Gasteiger charge is -2.26. The van der Waals surface area contributed by atoms with Crippen LogP contribution in [0.15, 0.2) is 64.3 Å². The molecule has 0 aliphatic carbocycles. The minimum Gasteiger partial charge on any atom is -0.497 e. The average molecular weight is 485 g/mol. The van der Waals surface area contributed by atoms with E-state index in [1.54, 1.807) is 19.2 Å². The van der Waals surface area contributed by atoms with Crippen molar-refractivity contribution in [3.05, 3.63) is 82.0 Å². The molecular formula is C23H24N4O6S. The number of benzene rings is 2. The second kappa shape index (κ2) is 10.2. The first kappa shape index (κ1) is 23.6. The summed E-state index contributed by atoms with van der Waals surface area (Å²) in [6, 6.07) is 14.3. The number of hydrogen-bond donors (Lipinski definition) is 2. The second-order valence-corrected chi connectivity index (χ2v) is 9.54. The van der Waals surface area contributed by atoms with Crippen LogP contribution < -0.4 is 15.6 Å². The molecule has 11 heteroatoms. The van der Waals surface area contributed by atoms with E-state index in [-0.39, 0.29) is 10.6 Å². The lowest BCUT2D eigenvalue weighted by atomic mass is 10.1. The molecule has 1 aromatic heterocycles. The number of carbonyl (C=O) groups excluding carboxylic acids is 1. The van der Waals surface area contributed by atoms with Gasteiger partial charge in [0, 0.05) is 31.3 Å². The van der Waals surface area contributed by atoms with Crippen molar-refractivity contribution in [3.8, 4) is 5.75 Å². The van der Waals surface area contributed by atoms with Crippen LogP contribution in [0.1, 0.15) is 21.9 Å². The van der Waals surface area contributed by atoms with Crippen LogP contribution in [0.3, 0.4) is 0 Å². The molecule has 2 N–H and O–H groups in total. The number of nitrogens with one attached hydrogen (secondary N) is 2. The van der Waals surface area contributed by atoms with Gasteiger partial charge in [0.05, 0.1) is 25.2 Å². The molecule has 1 aliphatic heterocycles. The Morgan fingerprint density at radius 2 is 1.79 bits per heavy atom.